The van der Waals surface area contributed by atoms with Gasteiger partial charge in [0, 0.05) is 40.0 Å². The van der Waals surface area contributed by atoms with E-state index in [4.69, 9.17) is 28.2 Å². The molecule has 0 aliphatic carbocycles. The molecule has 1 aliphatic heterocycles. The lowest BCUT2D eigenvalue weighted by molar-refractivity contribution is 0.184. The lowest BCUT2D eigenvalue weighted by Gasteiger charge is -2.26. The fourth-order valence-electron chi connectivity index (χ4n) is 3.58. The van der Waals surface area contributed by atoms with Crippen molar-refractivity contribution in [2.24, 2.45) is 0 Å². The number of benzene rings is 2. The van der Waals surface area contributed by atoms with E-state index in [1.807, 2.05) is 62.4 Å². The van der Waals surface area contributed by atoms with Gasteiger partial charge in [-0.3, -0.25) is 0 Å². The third kappa shape index (κ3) is 3.80. The van der Waals surface area contributed by atoms with Crippen LogP contribution in [0.15, 0.2) is 54.7 Å². The van der Waals surface area contributed by atoms with Gasteiger partial charge >= 0.3 is 6.03 Å². The minimum Gasteiger partial charge on any atom is -0.335 e. The molecule has 0 bridgehead atoms. The first kappa shape index (κ1) is 19.7. The Balaban J connectivity index is 1.87. The summed E-state index contributed by atoms with van der Waals surface area (Å²) < 4.78 is 0. The molecule has 0 spiro atoms. The SMILES string of the molecule is CC(C)N1C(=O)NCC1c1ncc(-c2ccc(Cl)cc2)c(-c2ccccc2Cl)n1. The zero-order valence-corrected chi connectivity index (χ0v) is 17.6. The van der Waals surface area contributed by atoms with Crippen LogP contribution in [0.2, 0.25) is 10.0 Å². The molecule has 1 N–H and O–H groups in total. The van der Waals surface area contributed by atoms with E-state index in [2.05, 4.69) is 10.3 Å². The van der Waals surface area contributed by atoms with Crippen molar-refractivity contribution in [3.63, 3.8) is 0 Å². The molecule has 5 nitrogen and oxygen atoms in total. The molecule has 1 aliphatic rings. The molecule has 1 saturated heterocycles. The summed E-state index contributed by atoms with van der Waals surface area (Å²) in [7, 11) is 0. The van der Waals surface area contributed by atoms with Crippen LogP contribution in [0.4, 0.5) is 4.79 Å². The minimum absolute atomic E-state index is 0.0332. The summed E-state index contributed by atoms with van der Waals surface area (Å²) in [6, 6.07) is 14.8. The Morgan fingerprint density at radius 2 is 1.79 bits per heavy atom. The Kier molecular flexibility index (Phi) is 5.43. The van der Waals surface area contributed by atoms with E-state index in [-0.39, 0.29) is 18.1 Å². The number of nitrogens with zero attached hydrogens (tertiary/aromatic N) is 3. The fourth-order valence-corrected chi connectivity index (χ4v) is 3.93. The number of hydrogen-bond donors (Lipinski definition) is 1. The molecule has 148 valence electrons. The number of hydrogen-bond acceptors (Lipinski definition) is 3. The van der Waals surface area contributed by atoms with Gasteiger partial charge in [0.25, 0.3) is 0 Å². The number of nitrogens with one attached hydrogen (secondary N) is 1. The average Bonchev–Trinajstić information content (AvgIpc) is 3.10. The molecule has 7 heteroatoms. The molecule has 2 heterocycles. The lowest BCUT2D eigenvalue weighted by Crippen LogP contribution is -2.36. The maximum Gasteiger partial charge on any atom is 0.318 e. The van der Waals surface area contributed by atoms with Gasteiger partial charge in [-0.2, -0.15) is 0 Å². The number of aromatic nitrogens is 2. The van der Waals surface area contributed by atoms with Gasteiger partial charge in [-0.1, -0.05) is 53.5 Å². The molecule has 0 saturated carbocycles. The molecule has 4 rings (SSSR count). The van der Waals surface area contributed by atoms with Crippen molar-refractivity contribution < 1.29 is 4.79 Å². The third-order valence-electron chi connectivity index (χ3n) is 4.96. The van der Waals surface area contributed by atoms with Gasteiger partial charge in [-0.15, -0.1) is 0 Å². The van der Waals surface area contributed by atoms with Crippen LogP contribution in [0.25, 0.3) is 22.4 Å². The highest BCUT2D eigenvalue weighted by Gasteiger charge is 2.36. The van der Waals surface area contributed by atoms with Gasteiger partial charge < -0.3 is 10.2 Å². The molecule has 2 aromatic carbocycles. The number of halogens is 2. The van der Waals surface area contributed by atoms with Crippen LogP contribution in [0.1, 0.15) is 25.7 Å². The smallest absolute Gasteiger partial charge is 0.318 e. The summed E-state index contributed by atoms with van der Waals surface area (Å²) >= 11 is 12.6. The minimum atomic E-state index is -0.233. The normalized spacial score (nSPS) is 16.4. The number of rotatable bonds is 4. The van der Waals surface area contributed by atoms with Crippen molar-refractivity contribution in [1.29, 1.82) is 0 Å². The Morgan fingerprint density at radius 3 is 2.48 bits per heavy atom. The zero-order valence-electron chi connectivity index (χ0n) is 16.1. The Labute approximate surface area is 179 Å². The van der Waals surface area contributed by atoms with E-state index < -0.39 is 0 Å². The van der Waals surface area contributed by atoms with Crippen molar-refractivity contribution in [3.05, 3.63) is 70.6 Å². The maximum absolute atomic E-state index is 12.3. The highest BCUT2D eigenvalue weighted by atomic mass is 35.5. The number of amides is 2. The maximum atomic E-state index is 12.3. The topological polar surface area (TPSA) is 58.1 Å². The van der Waals surface area contributed by atoms with E-state index in [1.54, 1.807) is 11.1 Å². The first-order chi connectivity index (χ1) is 14.0. The summed E-state index contributed by atoms with van der Waals surface area (Å²) in [5.74, 6) is 0.588. The Hall–Kier alpha value is -2.63. The Bertz CT molecular complexity index is 1050. The molecular weight excluding hydrogens is 407 g/mol. The fraction of sp³-hybridized carbons (Fsp3) is 0.227. The van der Waals surface area contributed by atoms with E-state index in [0.717, 1.165) is 22.4 Å². The van der Waals surface area contributed by atoms with Crippen LogP contribution in [0.5, 0.6) is 0 Å². The van der Waals surface area contributed by atoms with Gasteiger partial charge in [0.2, 0.25) is 0 Å². The third-order valence-corrected chi connectivity index (χ3v) is 5.54. The van der Waals surface area contributed by atoms with Crippen molar-refractivity contribution in [2.75, 3.05) is 6.54 Å². The largest absolute Gasteiger partial charge is 0.335 e. The molecule has 2 amide bonds. The van der Waals surface area contributed by atoms with Gasteiger partial charge in [0.05, 0.1) is 5.69 Å². The Morgan fingerprint density at radius 1 is 1.07 bits per heavy atom. The summed E-state index contributed by atoms with van der Waals surface area (Å²) in [4.78, 5) is 23.5. The quantitative estimate of drug-likeness (QED) is 0.590. The van der Waals surface area contributed by atoms with E-state index in [9.17, 15) is 4.79 Å². The molecule has 1 fully saturated rings. The van der Waals surface area contributed by atoms with Crippen LogP contribution >= 0.6 is 23.2 Å². The predicted octanol–water partition coefficient (Wildman–Crippen LogP) is 5.59. The number of carbonyl (C=O) groups excluding carboxylic acids is 1. The van der Waals surface area contributed by atoms with Crippen LogP contribution < -0.4 is 5.32 Å². The number of carbonyl (C=O) groups is 1. The van der Waals surface area contributed by atoms with Crippen LogP contribution in [0.3, 0.4) is 0 Å². The first-order valence-electron chi connectivity index (χ1n) is 9.39. The summed E-state index contributed by atoms with van der Waals surface area (Å²) in [5.41, 5.74) is 3.34. The molecule has 1 unspecified atom stereocenters. The second-order valence-corrected chi connectivity index (χ2v) is 8.02. The number of urea groups is 1. The van der Waals surface area contributed by atoms with E-state index in [1.165, 1.54) is 0 Å². The zero-order chi connectivity index (χ0) is 20.5. The monoisotopic (exact) mass is 426 g/mol. The summed E-state index contributed by atoms with van der Waals surface area (Å²) in [6.07, 6.45) is 1.80. The van der Waals surface area contributed by atoms with Crippen molar-refractivity contribution in [2.45, 2.75) is 25.9 Å². The molecule has 0 radical (unpaired) electrons. The van der Waals surface area contributed by atoms with Crippen molar-refractivity contribution in [1.82, 2.24) is 20.2 Å². The van der Waals surface area contributed by atoms with Crippen LogP contribution in [-0.2, 0) is 0 Å². The first-order valence-corrected chi connectivity index (χ1v) is 10.1. The van der Waals surface area contributed by atoms with Gasteiger partial charge in [0.1, 0.15) is 6.04 Å². The standard InChI is InChI=1S/C22H20Cl2N4O/c1-13(2)28-19(12-26-22(28)29)21-25-11-17(14-7-9-15(23)10-8-14)20(27-21)16-5-3-4-6-18(16)24/h3-11,13,19H,12H2,1-2H3,(H,26,29). The molecule has 1 aromatic heterocycles. The van der Waals surface area contributed by atoms with Gasteiger partial charge in [0.15, 0.2) is 5.82 Å². The lowest BCUT2D eigenvalue weighted by atomic mass is 10.0. The summed E-state index contributed by atoms with van der Waals surface area (Å²) in [6.45, 7) is 4.43. The van der Waals surface area contributed by atoms with E-state index >= 15 is 0 Å². The van der Waals surface area contributed by atoms with Crippen LogP contribution in [-0.4, -0.2) is 33.5 Å². The predicted molar refractivity (Wildman–Crippen MR) is 116 cm³/mol. The van der Waals surface area contributed by atoms with Crippen molar-refractivity contribution >= 4 is 29.2 Å². The van der Waals surface area contributed by atoms with Crippen LogP contribution in [0, 0.1) is 0 Å². The molecule has 29 heavy (non-hydrogen) atoms. The van der Waals surface area contributed by atoms with Gasteiger partial charge in [-0.25, -0.2) is 14.8 Å². The second kappa shape index (κ2) is 8.01. The highest BCUT2D eigenvalue weighted by Crippen LogP contribution is 2.36. The molecule has 3 aromatic rings. The van der Waals surface area contributed by atoms with E-state index in [0.29, 0.717) is 22.4 Å². The average molecular weight is 427 g/mol. The molecule has 1 atom stereocenters. The summed E-state index contributed by atoms with van der Waals surface area (Å²) in [5, 5.41) is 4.16. The molecular formula is C22H20Cl2N4O. The second-order valence-electron chi connectivity index (χ2n) is 7.18. The van der Waals surface area contributed by atoms with Gasteiger partial charge in [-0.05, 0) is 37.6 Å². The van der Waals surface area contributed by atoms with Crippen molar-refractivity contribution in [3.8, 4) is 22.4 Å². The highest BCUT2D eigenvalue weighted by molar-refractivity contribution is 6.33.